The van der Waals surface area contributed by atoms with E-state index in [1.807, 2.05) is 0 Å². The third kappa shape index (κ3) is 6.40. The first-order chi connectivity index (χ1) is 16.3. The van der Waals surface area contributed by atoms with Crippen molar-refractivity contribution in [3.05, 3.63) is 79.9 Å². The molecule has 0 spiro atoms. The van der Waals surface area contributed by atoms with Gasteiger partial charge in [-0.1, -0.05) is 87.3 Å². The molecule has 0 unspecified atom stereocenters. The summed E-state index contributed by atoms with van der Waals surface area (Å²) >= 11 is 40.6. The van der Waals surface area contributed by atoms with Crippen LogP contribution in [0.25, 0.3) is 16.6 Å². The van der Waals surface area contributed by atoms with Gasteiger partial charge in [-0.2, -0.15) is 0 Å². The van der Waals surface area contributed by atoms with Crippen LogP contribution < -0.4 is 0 Å². The number of hydrogen-bond donors (Lipinski definition) is 2. The minimum Gasteiger partial charge on any atom is -0.478 e. The molecule has 0 aliphatic rings. The molecule has 0 atom stereocenters. The van der Waals surface area contributed by atoms with Crippen molar-refractivity contribution in [1.82, 2.24) is 19.7 Å². The van der Waals surface area contributed by atoms with E-state index < -0.39 is 21.6 Å². The van der Waals surface area contributed by atoms with Gasteiger partial charge in [0, 0.05) is 16.6 Å². The fourth-order valence-corrected chi connectivity index (χ4v) is 4.02. The lowest BCUT2D eigenvalue weighted by Crippen LogP contribution is -2.12. The van der Waals surface area contributed by atoms with Crippen LogP contribution in [0.4, 0.5) is 0 Å². The minimum absolute atomic E-state index is 0.00540. The molecule has 35 heavy (non-hydrogen) atoms. The van der Waals surface area contributed by atoms with Crippen LogP contribution in [0, 0.1) is 0 Å². The molecule has 2 heterocycles. The highest BCUT2D eigenvalue weighted by Gasteiger charge is 2.33. The Morgan fingerprint density at radius 2 is 1.54 bits per heavy atom. The highest BCUT2D eigenvalue weighted by molar-refractivity contribution is 6.66. The number of carbonyl (C=O) groups is 2. The Morgan fingerprint density at radius 3 is 2.11 bits per heavy atom. The maximum absolute atomic E-state index is 11.0. The molecule has 4 rings (SSSR count). The number of carboxylic acid groups (broad SMARTS) is 2. The van der Waals surface area contributed by atoms with E-state index in [-0.39, 0.29) is 27.1 Å². The maximum atomic E-state index is 11.0. The first kappa shape index (κ1) is 27.5. The Labute approximate surface area is 231 Å². The average Bonchev–Trinajstić information content (AvgIpc) is 3.20. The largest absolute Gasteiger partial charge is 0.478 e. The SMILES string of the molecule is O=C(O)c1c(Cl)ccc2cc(Cl)cnc12.O=C(O)c1nc(C(Cl)(Cl)Cl)n(-c2ccc(Cl)cc2Cl)n1. The molecule has 0 aliphatic carbocycles. The molecule has 8 nitrogen and oxygen atoms in total. The lowest BCUT2D eigenvalue weighted by atomic mass is 10.1. The van der Waals surface area contributed by atoms with Crippen LogP contribution >= 0.6 is 81.2 Å². The zero-order chi connectivity index (χ0) is 26.1. The molecule has 15 heteroatoms. The van der Waals surface area contributed by atoms with Gasteiger partial charge in [0.25, 0.3) is 5.82 Å². The average molecular weight is 617 g/mol. The van der Waals surface area contributed by atoms with Gasteiger partial charge in [0.1, 0.15) is 5.56 Å². The van der Waals surface area contributed by atoms with Gasteiger partial charge >= 0.3 is 11.9 Å². The highest BCUT2D eigenvalue weighted by atomic mass is 35.6. The Morgan fingerprint density at radius 1 is 0.857 bits per heavy atom. The Balaban J connectivity index is 0.000000203. The summed E-state index contributed by atoms with van der Waals surface area (Å²) < 4.78 is -0.918. The summed E-state index contributed by atoms with van der Waals surface area (Å²) in [5, 5.41) is 23.6. The molecule has 0 amide bonds. The van der Waals surface area contributed by atoms with Crippen LogP contribution in [0.15, 0.2) is 42.6 Å². The third-order valence-corrected chi connectivity index (χ3v) is 5.74. The first-order valence-electron chi connectivity index (χ1n) is 8.99. The topological polar surface area (TPSA) is 118 Å². The van der Waals surface area contributed by atoms with Crippen molar-refractivity contribution in [2.45, 2.75) is 3.79 Å². The van der Waals surface area contributed by atoms with Crippen LogP contribution in [-0.4, -0.2) is 41.9 Å². The van der Waals surface area contributed by atoms with Crippen LogP contribution in [0.1, 0.15) is 26.8 Å². The molecule has 2 N–H and O–H groups in total. The summed E-state index contributed by atoms with van der Waals surface area (Å²) in [6.07, 6.45) is 1.40. The smallest absolute Gasteiger partial charge is 0.375 e. The summed E-state index contributed by atoms with van der Waals surface area (Å²) in [6.45, 7) is 0. The second-order valence-electron chi connectivity index (χ2n) is 6.52. The van der Waals surface area contributed by atoms with Crippen LogP contribution in [0.5, 0.6) is 0 Å². The number of carboxylic acids is 2. The lowest BCUT2D eigenvalue weighted by molar-refractivity contribution is 0.0678. The monoisotopic (exact) mass is 614 g/mol. The fourth-order valence-electron chi connectivity index (χ4n) is 2.76. The number of halogens is 7. The number of aromatic carboxylic acids is 2. The molecule has 0 fully saturated rings. The van der Waals surface area contributed by atoms with Gasteiger partial charge in [-0.05, 0) is 30.3 Å². The standard InChI is InChI=1S/C10H4Cl5N3O2.C10H5Cl2NO2/c11-4-1-2-6(5(12)3-4)18-9(10(13,14)15)16-7(17-18)8(19)20;11-6-3-5-1-2-7(12)8(10(14)15)9(5)13-4-6/h1-3H,(H,19,20);1-4H,(H,14,15). The lowest BCUT2D eigenvalue weighted by Gasteiger charge is -2.12. The van der Waals surface area contributed by atoms with Gasteiger partial charge in [0.05, 0.1) is 26.3 Å². The predicted molar refractivity (Wildman–Crippen MR) is 136 cm³/mol. The van der Waals surface area contributed by atoms with E-state index in [1.54, 1.807) is 12.1 Å². The van der Waals surface area contributed by atoms with Crippen molar-refractivity contribution >= 4 is 104 Å². The molecule has 2 aromatic heterocycles. The molecule has 182 valence electrons. The summed E-state index contributed by atoms with van der Waals surface area (Å²) in [7, 11) is 0. The Bertz CT molecular complexity index is 1450. The van der Waals surface area contributed by atoms with Crippen molar-refractivity contribution in [3.63, 3.8) is 0 Å². The normalized spacial score (nSPS) is 11.2. The number of aromatic nitrogens is 4. The minimum atomic E-state index is -1.97. The quantitative estimate of drug-likeness (QED) is 0.231. The van der Waals surface area contributed by atoms with Gasteiger partial charge in [-0.25, -0.2) is 19.3 Å². The molecule has 0 bridgehead atoms. The summed E-state index contributed by atoms with van der Waals surface area (Å²) in [4.78, 5) is 29.6. The first-order valence-corrected chi connectivity index (χ1v) is 11.6. The molecular weight excluding hydrogens is 608 g/mol. The molecule has 2 aromatic carbocycles. The summed E-state index contributed by atoms with van der Waals surface area (Å²) in [5.74, 6) is -3.16. The van der Waals surface area contributed by atoms with Crippen molar-refractivity contribution in [1.29, 1.82) is 0 Å². The number of pyridine rings is 1. The number of rotatable bonds is 3. The number of benzene rings is 2. The van der Waals surface area contributed by atoms with E-state index in [0.29, 0.717) is 20.9 Å². The van der Waals surface area contributed by atoms with E-state index >= 15 is 0 Å². The third-order valence-electron chi connectivity index (χ3n) is 4.17. The van der Waals surface area contributed by atoms with E-state index in [2.05, 4.69) is 15.1 Å². The van der Waals surface area contributed by atoms with Crippen LogP contribution in [-0.2, 0) is 3.79 Å². The van der Waals surface area contributed by atoms with Gasteiger partial charge in [0.15, 0.2) is 5.82 Å². The number of hydrogen-bond acceptors (Lipinski definition) is 5. The van der Waals surface area contributed by atoms with E-state index in [0.717, 1.165) is 4.68 Å². The summed E-state index contributed by atoms with van der Waals surface area (Å²) in [6, 6.07) is 9.33. The van der Waals surface area contributed by atoms with Crippen molar-refractivity contribution in [2.75, 3.05) is 0 Å². The zero-order valence-corrected chi connectivity index (χ0v) is 22.0. The predicted octanol–water partition coefficient (Wildman–Crippen LogP) is 7.34. The van der Waals surface area contributed by atoms with Gasteiger partial charge in [-0.3, -0.25) is 4.98 Å². The van der Waals surface area contributed by atoms with E-state index in [4.69, 9.17) is 91.4 Å². The van der Waals surface area contributed by atoms with E-state index in [9.17, 15) is 9.59 Å². The molecule has 0 aliphatic heterocycles. The number of alkyl halides is 3. The maximum Gasteiger partial charge on any atom is 0.375 e. The van der Waals surface area contributed by atoms with Crippen molar-refractivity contribution < 1.29 is 19.8 Å². The van der Waals surface area contributed by atoms with Gasteiger partial charge in [0.2, 0.25) is 3.79 Å². The van der Waals surface area contributed by atoms with Crippen LogP contribution in [0.2, 0.25) is 20.1 Å². The van der Waals surface area contributed by atoms with E-state index in [1.165, 1.54) is 30.5 Å². The van der Waals surface area contributed by atoms with Crippen molar-refractivity contribution in [3.8, 4) is 5.69 Å². The molecular formula is C20H9Cl7N4O4. The van der Waals surface area contributed by atoms with Gasteiger partial charge < -0.3 is 10.2 Å². The number of fused-ring (bicyclic) bond motifs is 1. The Hall–Kier alpha value is -2.04. The Kier molecular flexibility index (Phi) is 8.60. The van der Waals surface area contributed by atoms with Crippen LogP contribution in [0.3, 0.4) is 0 Å². The molecule has 4 aromatic rings. The molecule has 0 radical (unpaired) electrons. The molecule has 0 saturated heterocycles. The van der Waals surface area contributed by atoms with Gasteiger partial charge in [-0.15, -0.1) is 5.10 Å². The fraction of sp³-hybridized carbons (Fsp3) is 0.0500. The zero-order valence-electron chi connectivity index (χ0n) is 16.7. The highest BCUT2D eigenvalue weighted by Crippen LogP contribution is 2.39. The van der Waals surface area contributed by atoms with Crippen molar-refractivity contribution in [2.24, 2.45) is 0 Å². The second kappa shape index (κ2) is 10.9. The molecule has 0 saturated carbocycles. The second-order valence-corrected chi connectivity index (χ2v) is 10.5. The number of nitrogens with zero attached hydrogens (tertiary/aromatic N) is 4. The summed E-state index contributed by atoms with van der Waals surface area (Å²) in [5.41, 5.74) is 0.641.